The molecule has 0 radical (unpaired) electrons. The van der Waals surface area contributed by atoms with Gasteiger partial charge in [0.05, 0.1) is 0 Å². The lowest BCUT2D eigenvalue weighted by Crippen LogP contribution is -2.41. The molecule has 1 heterocycles. The highest BCUT2D eigenvalue weighted by atomic mass is 16.7. The lowest BCUT2D eigenvalue weighted by Gasteiger charge is -2.34. The van der Waals surface area contributed by atoms with E-state index in [0.29, 0.717) is 0 Å². The first-order valence-electron chi connectivity index (χ1n) is 6.08. The molecule has 1 aliphatic rings. The van der Waals surface area contributed by atoms with Gasteiger partial charge in [0.25, 0.3) is 0 Å². The van der Waals surface area contributed by atoms with Crippen LogP contribution < -0.4 is 0 Å². The Morgan fingerprint density at radius 2 is 1.75 bits per heavy atom. The predicted molar refractivity (Wildman–Crippen MR) is 65.5 cm³/mol. The Kier molecular flexibility index (Phi) is 6.28. The minimum Gasteiger partial charge on any atom is -0.355 e. The van der Waals surface area contributed by atoms with Crippen LogP contribution in [0.3, 0.4) is 0 Å². The SMILES string of the molecule is COC(CN1CCC(CN(C)C)CC1)OC. The molecule has 0 aliphatic carbocycles. The smallest absolute Gasteiger partial charge is 0.169 e. The van der Waals surface area contributed by atoms with Crippen LogP contribution in [0.5, 0.6) is 0 Å². The van der Waals surface area contributed by atoms with Crippen molar-refractivity contribution in [3.8, 4) is 0 Å². The van der Waals surface area contributed by atoms with Crippen molar-refractivity contribution in [2.75, 3.05) is 54.5 Å². The average molecular weight is 230 g/mol. The fourth-order valence-corrected chi connectivity index (χ4v) is 2.32. The molecular formula is C12H26N2O2. The van der Waals surface area contributed by atoms with Crippen LogP contribution in [0.15, 0.2) is 0 Å². The molecule has 0 aromatic rings. The van der Waals surface area contributed by atoms with Crippen LogP contribution in [0.4, 0.5) is 0 Å². The number of methoxy groups -OCH3 is 2. The van der Waals surface area contributed by atoms with Crippen molar-refractivity contribution < 1.29 is 9.47 Å². The van der Waals surface area contributed by atoms with Crippen molar-refractivity contribution >= 4 is 0 Å². The molecule has 0 saturated carbocycles. The predicted octanol–water partition coefficient (Wildman–Crippen LogP) is 0.879. The molecule has 1 saturated heterocycles. The van der Waals surface area contributed by atoms with E-state index >= 15 is 0 Å². The zero-order chi connectivity index (χ0) is 12.0. The Balaban J connectivity index is 2.21. The molecule has 0 bridgehead atoms. The quantitative estimate of drug-likeness (QED) is 0.632. The second kappa shape index (κ2) is 7.22. The monoisotopic (exact) mass is 230 g/mol. The number of rotatable bonds is 6. The third kappa shape index (κ3) is 4.78. The maximum atomic E-state index is 5.22. The van der Waals surface area contributed by atoms with Crippen LogP contribution in [-0.2, 0) is 9.47 Å². The lowest BCUT2D eigenvalue weighted by molar-refractivity contribution is -0.118. The van der Waals surface area contributed by atoms with E-state index in [1.165, 1.54) is 32.5 Å². The van der Waals surface area contributed by atoms with Crippen LogP contribution in [-0.4, -0.2) is 70.6 Å². The maximum absolute atomic E-state index is 5.22. The van der Waals surface area contributed by atoms with Gasteiger partial charge in [-0.2, -0.15) is 0 Å². The fourth-order valence-electron chi connectivity index (χ4n) is 2.32. The van der Waals surface area contributed by atoms with Gasteiger partial charge < -0.3 is 14.4 Å². The largest absolute Gasteiger partial charge is 0.355 e. The third-order valence-corrected chi connectivity index (χ3v) is 3.26. The number of hydrogen-bond acceptors (Lipinski definition) is 4. The molecule has 1 rings (SSSR count). The van der Waals surface area contributed by atoms with Gasteiger partial charge in [-0.3, -0.25) is 4.90 Å². The fraction of sp³-hybridized carbons (Fsp3) is 1.00. The summed E-state index contributed by atoms with van der Waals surface area (Å²) in [5, 5.41) is 0. The van der Waals surface area contributed by atoms with E-state index in [1.54, 1.807) is 14.2 Å². The minimum absolute atomic E-state index is 0.0783. The molecule has 0 aromatic carbocycles. The van der Waals surface area contributed by atoms with E-state index < -0.39 is 0 Å². The Morgan fingerprint density at radius 3 is 2.19 bits per heavy atom. The van der Waals surface area contributed by atoms with E-state index in [-0.39, 0.29) is 6.29 Å². The van der Waals surface area contributed by atoms with Crippen molar-refractivity contribution in [3.05, 3.63) is 0 Å². The zero-order valence-corrected chi connectivity index (χ0v) is 11.1. The zero-order valence-electron chi connectivity index (χ0n) is 11.1. The van der Waals surface area contributed by atoms with Gasteiger partial charge in [0.1, 0.15) is 0 Å². The normalized spacial score (nSPS) is 19.9. The van der Waals surface area contributed by atoms with Gasteiger partial charge in [-0.05, 0) is 45.9 Å². The molecule has 16 heavy (non-hydrogen) atoms. The molecule has 1 fully saturated rings. The summed E-state index contributed by atoms with van der Waals surface area (Å²) >= 11 is 0. The van der Waals surface area contributed by atoms with E-state index in [0.717, 1.165) is 12.5 Å². The topological polar surface area (TPSA) is 24.9 Å². The molecule has 1 aliphatic heterocycles. The first-order valence-corrected chi connectivity index (χ1v) is 6.08. The van der Waals surface area contributed by atoms with E-state index in [9.17, 15) is 0 Å². The summed E-state index contributed by atoms with van der Waals surface area (Å²) in [4.78, 5) is 4.72. The Bertz CT molecular complexity index is 176. The average Bonchev–Trinajstić information content (AvgIpc) is 2.27. The highest BCUT2D eigenvalue weighted by Gasteiger charge is 2.21. The van der Waals surface area contributed by atoms with Crippen molar-refractivity contribution in [2.24, 2.45) is 5.92 Å². The Morgan fingerprint density at radius 1 is 1.19 bits per heavy atom. The summed E-state index contributed by atoms with van der Waals surface area (Å²) in [5.41, 5.74) is 0. The Hall–Kier alpha value is -0.160. The van der Waals surface area contributed by atoms with Crippen LogP contribution >= 0.6 is 0 Å². The molecule has 0 spiro atoms. The van der Waals surface area contributed by atoms with Crippen LogP contribution in [0.1, 0.15) is 12.8 Å². The molecule has 4 heteroatoms. The van der Waals surface area contributed by atoms with Gasteiger partial charge >= 0.3 is 0 Å². The molecule has 0 atom stereocenters. The lowest BCUT2D eigenvalue weighted by atomic mass is 9.96. The van der Waals surface area contributed by atoms with Crippen LogP contribution in [0, 0.1) is 5.92 Å². The van der Waals surface area contributed by atoms with Gasteiger partial charge in [0.2, 0.25) is 0 Å². The van der Waals surface area contributed by atoms with E-state index in [1.807, 2.05) is 0 Å². The maximum Gasteiger partial charge on any atom is 0.169 e. The van der Waals surface area contributed by atoms with Crippen molar-refractivity contribution in [2.45, 2.75) is 19.1 Å². The van der Waals surface area contributed by atoms with Gasteiger partial charge in [-0.25, -0.2) is 0 Å². The summed E-state index contributed by atoms with van der Waals surface area (Å²) in [6, 6.07) is 0. The van der Waals surface area contributed by atoms with Gasteiger partial charge in [0, 0.05) is 27.3 Å². The molecular weight excluding hydrogens is 204 g/mol. The van der Waals surface area contributed by atoms with E-state index in [2.05, 4.69) is 23.9 Å². The van der Waals surface area contributed by atoms with Gasteiger partial charge in [-0.1, -0.05) is 0 Å². The number of ether oxygens (including phenoxy) is 2. The number of likely N-dealkylation sites (tertiary alicyclic amines) is 1. The van der Waals surface area contributed by atoms with Gasteiger partial charge in [0.15, 0.2) is 6.29 Å². The molecule has 0 amide bonds. The second-order valence-corrected chi connectivity index (χ2v) is 4.91. The van der Waals surface area contributed by atoms with Crippen molar-refractivity contribution in [1.29, 1.82) is 0 Å². The molecule has 96 valence electrons. The Labute approximate surface area is 99.5 Å². The molecule has 4 nitrogen and oxygen atoms in total. The van der Waals surface area contributed by atoms with Crippen molar-refractivity contribution in [3.63, 3.8) is 0 Å². The van der Waals surface area contributed by atoms with E-state index in [4.69, 9.17) is 9.47 Å². The van der Waals surface area contributed by atoms with Crippen LogP contribution in [0.25, 0.3) is 0 Å². The summed E-state index contributed by atoms with van der Waals surface area (Å²) in [6.45, 7) is 4.44. The van der Waals surface area contributed by atoms with Crippen molar-refractivity contribution in [1.82, 2.24) is 9.80 Å². The minimum atomic E-state index is -0.0783. The first kappa shape index (κ1) is 13.9. The summed E-state index contributed by atoms with van der Waals surface area (Å²) in [5.74, 6) is 0.856. The summed E-state index contributed by atoms with van der Waals surface area (Å²) in [7, 11) is 7.70. The highest BCUT2D eigenvalue weighted by Crippen LogP contribution is 2.18. The first-order chi connectivity index (χ1) is 7.65. The summed E-state index contributed by atoms with van der Waals surface area (Å²) < 4.78 is 10.4. The molecule has 0 N–H and O–H groups in total. The van der Waals surface area contributed by atoms with Gasteiger partial charge in [-0.15, -0.1) is 0 Å². The number of hydrogen-bond donors (Lipinski definition) is 0. The number of nitrogens with zero attached hydrogens (tertiary/aromatic N) is 2. The molecule has 0 aromatic heterocycles. The standard InChI is InChI=1S/C12H26N2O2/c1-13(2)9-11-5-7-14(8-6-11)10-12(15-3)16-4/h11-12H,5-10H2,1-4H3. The summed E-state index contributed by atoms with van der Waals surface area (Å²) in [6.07, 6.45) is 2.50. The second-order valence-electron chi connectivity index (χ2n) is 4.91. The van der Waals surface area contributed by atoms with Crippen LogP contribution in [0.2, 0.25) is 0 Å². The third-order valence-electron chi connectivity index (χ3n) is 3.26. The highest BCUT2D eigenvalue weighted by molar-refractivity contribution is 4.74. The molecule has 0 unspecified atom stereocenters. The number of piperidine rings is 1.